The molecule has 0 atom stereocenters. The van der Waals surface area contributed by atoms with Crippen molar-refractivity contribution in [3.63, 3.8) is 0 Å². The highest BCUT2D eigenvalue weighted by molar-refractivity contribution is 7.89. The Morgan fingerprint density at radius 1 is 1.45 bits per heavy atom. The molecule has 1 aliphatic rings. The van der Waals surface area contributed by atoms with E-state index in [1.807, 2.05) is 0 Å². The van der Waals surface area contributed by atoms with Gasteiger partial charge in [0.2, 0.25) is 10.0 Å². The molecule has 0 aromatic heterocycles. The zero-order valence-electron chi connectivity index (χ0n) is 11.4. The van der Waals surface area contributed by atoms with Crippen molar-refractivity contribution in [1.29, 1.82) is 0 Å². The fourth-order valence-electron chi connectivity index (χ4n) is 2.21. The lowest BCUT2D eigenvalue weighted by atomic mass is 9.93. The maximum atomic E-state index is 13.9. The van der Waals surface area contributed by atoms with E-state index in [1.165, 1.54) is 6.07 Å². The van der Waals surface area contributed by atoms with Crippen molar-refractivity contribution >= 4 is 27.3 Å². The molecule has 0 unspecified atom stereocenters. The highest BCUT2D eigenvalue weighted by atomic mass is 35.5. The first kappa shape index (κ1) is 15.5. The van der Waals surface area contributed by atoms with Crippen LogP contribution in [0.25, 0.3) is 0 Å². The number of hydrogen-bond acceptors (Lipinski definition) is 3. The molecule has 0 amide bonds. The van der Waals surface area contributed by atoms with Crippen molar-refractivity contribution in [2.75, 3.05) is 12.3 Å². The van der Waals surface area contributed by atoms with Gasteiger partial charge in [-0.25, -0.2) is 17.5 Å². The van der Waals surface area contributed by atoms with Gasteiger partial charge in [0.05, 0.1) is 5.02 Å². The highest BCUT2D eigenvalue weighted by Gasteiger charge is 2.45. The summed E-state index contributed by atoms with van der Waals surface area (Å²) in [6, 6.07) is 2.27. The fraction of sp³-hybridized carbons (Fsp3) is 0.538. The average Bonchev–Trinajstić information content (AvgIpc) is 3.12. The molecule has 0 saturated heterocycles. The minimum atomic E-state index is -3.95. The smallest absolute Gasteiger partial charge is 0.243 e. The molecule has 112 valence electrons. The molecule has 1 aromatic carbocycles. The van der Waals surface area contributed by atoms with Gasteiger partial charge in [-0.15, -0.1) is 0 Å². The molecule has 2 rings (SSSR count). The van der Waals surface area contributed by atoms with Crippen LogP contribution in [0.4, 0.5) is 10.1 Å². The Hall–Kier alpha value is -0.850. The Labute approximate surface area is 123 Å². The number of rotatable bonds is 5. The monoisotopic (exact) mass is 320 g/mol. The van der Waals surface area contributed by atoms with Crippen molar-refractivity contribution in [3.8, 4) is 0 Å². The third-order valence-electron chi connectivity index (χ3n) is 4.04. The average molecular weight is 321 g/mol. The zero-order valence-corrected chi connectivity index (χ0v) is 13.0. The van der Waals surface area contributed by atoms with E-state index in [2.05, 4.69) is 18.6 Å². The summed E-state index contributed by atoms with van der Waals surface area (Å²) in [5, 5.41) is -0.296. The molecule has 0 bridgehead atoms. The number of nitrogen functional groups attached to an aromatic ring is 1. The van der Waals surface area contributed by atoms with E-state index in [0.29, 0.717) is 12.5 Å². The predicted molar refractivity (Wildman–Crippen MR) is 77.5 cm³/mol. The Bertz CT molecular complexity index is 628. The second-order valence-electron chi connectivity index (χ2n) is 5.66. The third kappa shape index (κ3) is 2.92. The van der Waals surface area contributed by atoms with Gasteiger partial charge >= 0.3 is 0 Å². The Morgan fingerprint density at radius 3 is 2.55 bits per heavy atom. The van der Waals surface area contributed by atoms with Gasteiger partial charge in [0.25, 0.3) is 0 Å². The van der Waals surface area contributed by atoms with Crippen molar-refractivity contribution < 1.29 is 12.8 Å². The van der Waals surface area contributed by atoms with Gasteiger partial charge in [-0.1, -0.05) is 25.4 Å². The molecule has 0 spiro atoms. The van der Waals surface area contributed by atoms with E-state index in [9.17, 15) is 12.8 Å². The standard InChI is InChI=1S/C13H18ClFN2O2S/c1-8(2)13(3-4-13)7-17-20(18,19)11-6-9(16)5-10(14)12(11)15/h5-6,8,17H,3-4,7,16H2,1-2H3. The molecule has 0 radical (unpaired) electrons. The zero-order chi connectivity index (χ0) is 15.1. The van der Waals surface area contributed by atoms with E-state index in [4.69, 9.17) is 17.3 Å². The van der Waals surface area contributed by atoms with Gasteiger partial charge in [-0.3, -0.25) is 0 Å². The third-order valence-corrected chi connectivity index (χ3v) is 5.71. The molecule has 0 aliphatic heterocycles. The lowest BCUT2D eigenvalue weighted by molar-refractivity contribution is 0.357. The quantitative estimate of drug-likeness (QED) is 0.819. The summed E-state index contributed by atoms with van der Waals surface area (Å²) >= 11 is 5.63. The van der Waals surface area contributed by atoms with Crippen molar-refractivity contribution in [1.82, 2.24) is 4.72 Å². The maximum Gasteiger partial charge on any atom is 0.243 e. The number of halogens is 2. The Balaban J connectivity index is 2.23. The van der Waals surface area contributed by atoms with Crippen LogP contribution >= 0.6 is 11.6 Å². The summed E-state index contributed by atoms with van der Waals surface area (Å²) in [6.45, 7) is 4.41. The van der Waals surface area contributed by atoms with Gasteiger partial charge < -0.3 is 5.73 Å². The second-order valence-corrected chi connectivity index (χ2v) is 7.80. The van der Waals surface area contributed by atoms with Crippen LogP contribution < -0.4 is 10.5 Å². The first-order chi connectivity index (χ1) is 9.18. The number of hydrogen-bond donors (Lipinski definition) is 2. The molecule has 7 heteroatoms. The van der Waals surface area contributed by atoms with Crippen LogP contribution in [-0.2, 0) is 10.0 Å². The summed E-state index contributed by atoms with van der Waals surface area (Å²) < 4.78 is 40.7. The van der Waals surface area contributed by atoms with Crippen LogP contribution in [0.2, 0.25) is 5.02 Å². The van der Waals surface area contributed by atoms with Gasteiger partial charge in [0.15, 0.2) is 5.82 Å². The summed E-state index contributed by atoms with van der Waals surface area (Å²) in [5.74, 6) is -0.595. The van der Waals surface area contributed by atoms with Gasteiger partial charge in [0, 0.05) is 12.2 Å². The van der Waals surface area contributed by atoms with E-state index in [1.54, 1.807) is 0 Å². The summed E-state index contributed by atoms with van der Waals surface area (Å²) in [4.78, 5) is -0.498. The first-order valence-corrected chi connectivity index (χ1v) is 8.28. The van der Waals surface area contributed by atoms with Gasteiger partial charge in [-0.2, -0.15) is 0 Å². The molecule has 0 heterocycles. The molecule has 1 aliphatic carbocycles. The molecule has 3 N–H and O–H groups in total. The largest absolute Gasteiger partial charge is 0.399 e. The molecular weight excluding hydrogens is 303 g/mol. The van der Waals surface area contributed by atoms with Crippen LogP contribution in [0.5, 0.6) is 0 Å². The lowest BCUT2D eigenvalue weighted by Crippen LogP contribution is -2.33. The molecular formula is C13H18ClFN2O2S. The molecule has 1 fully saturated rings. The van der Waals surface area contributed by atoms with Crippen LogP contribution in [0.3, 0.4) is 0 Å². The topological polar surface area (TPSA) is 72.2 Å². The molecule has 1 saturated carbocycles. The summed E-state index contributed by atoms with van der Waals surface area (Å²) in [5.41, 5.74) is 5.63. The SMILES string of the molecule is CC(C)C1(CNS(=O)(=O)c2cc(N)cc(Cl)c2F)CC1. The molecule has 4 nitrogen and oxygen atoms in total. The summed E-state index contributed by atoms with van der Waals surface area (Å²) in [6.07, 6.45) is 1.96. The lowest BCUT2D eigenvalue weighted by Gasteiger charge is -2.20. The van der Waals surface area contributed by atoms with Crippen molar-refractivity contribution in [2.24, 2.45) is 11.3 Å². The van der Waals surface area contributed by atoms with Crippen LogP contribution in [0, 0.1) is 17.2 Å². The fourth-order valence-corrected chi connectivity index (χ4v) is 3.77. The van der Waals surface area contributed by atoms with Gasteiger partial charge in [0.1, 0.15) is 4.90 Å². The number of sulfonamides is 1. The van der Waals surface area contributed by atoms with Crippen LogP contribution in [0.15, 0.2) is 17.0 Å². The van der Waals surface area contributed by atoms with Crippen LogP contribution in [-0.4, -0.2) is 15.0 Å². The minimum absolute atomic E-state index is 0.00628. The van der Waals surface area contributed by atoms with Crippen LogP contribution in [0.1, 0.15) is 26.7 Å². The normalized spacial score (nSPS) is 17.4. The number of benzene rings is 1. The molecule has 20 heavy (non-hydrogen) atoms. The first-order valence-electron chi connectivity index (χ1n) is 6.42. The van der Waals surface area contributed by atoms with E-state index in [0.717, 1.165) is 18.9 Å². The highest BCUT2D eigenvalue weighted by Crippen LogP contribution is 2.51. The van der Waals surface area contributed by atoms with E-state index in [-0.39, 0.29) is 16.1 Å². The number of nitrogens with one attached hydrogen (secondary N) is 1. The molecule has 1 aromatic rings. The second kappa shape index (κ2) is 5.16. The van der Waals surface area contributed by atoms with E-state index >= 15 is 0 Å². The Kier molecular flexibility index (Phi) is 4.01. The maximum absolute atomic E-state index is 13.9. The van der Waals surface area contributed by atoms with Gasteiger partial charge in [-0.05, 0) is 36.3 Å². The number of nitrogens with two attached hydrogens (primary N) is 1. The predicted octanol–water partition coefficient (Wildman–Crippen LogP) is 2.78. The van der Waals surface area contributed by atoms with Crippen molar-refractivity contribution in [3.05, 3.63) is 23.0 Å². The minimum Gasteiger partial charge on any atom is -0.399 e. The number of anilines is 1. The summed E-state index contributed by atoms with van der Waals surface area (Å²) in [7, 11) is -3.95. The van der Waals surface area contributed by atoms with E-state index < -0.39 is 20.7 Å². The van der Waals surface area contributed by atoms with Crippen molar-refractivity contribution in [2.45, 2.75) is 31.6 Å². The Morgan fingerprint density at radius 2 is 2.05 bits per heavy atom.